The Morgan fingerprint density at radius 2 is 1.80 bits per heavy atom. The normalized spacial score (nSPS) is 16.3. The van der Waals surface area contributed by atoms with Gasteiger partial charge < -0.3 is 18.9 Å². The fraction of sp³-hybridized carbons (Fsp3) is 0.333. The summed E-state index contributed by atoms with van der Waals surface area (Å²) in [5.74, 6) is 1.36. The Balaban J connectivity index is 1.23. The number of aryl methyl sites for hydroxylation is 1. The molecule has 1 heterocycles. The number of halogens is 2. The average molecular weight is 624 g/mol. The van der Waals surface area contributed by atoms with Crippen LogP contribution in [-0.4, -0.2) is 50.0 Å². The Bertz CT molecular complexity index is 1370. The van der Waals surface area contributed by atoms with Crippen molar-refractivity contribution in [3.63, 3.8) is 0 Å². The molecule has 1 aliphatic heterocycles. The van der Waals surface area contributed by atoms with E-state index >= 15 is 0 Å². The van der Waals surface area contributed by atoms with Crippen molar-refractivity contribution >= 4 is 27.5 Å². The Morgan fingerprint density at radius 3 is 2.51 bits per heavy atom. The molecule has 1 aliphatic carbocycles. The third-order valence-corrected chi connectivity index (χ3v) is 7.88. The maximum Gasteiger partial charge on any atom is 0.335 e. The summed E-state index contributed by atoms with van der Waals surface area (Å²) in [6.07, 6.45) is 3.70. The smallest absolute Gasteiger partial charge is 0.335 e. The van der Waals surface area contributed by atoms with Gasteiger partial charge in [0.1, 0.15) is 29.2 Å². The third-order valence-electron chi connectivity index (χ3n) is 7.22. The van der Waals surface area contributed by atoms with Crippen molar-refractivity contribution in [2.24, 2.45) is 0 Å². The number of esters is 1. The molecule has 0 N–H and O–H groups in total. The van der Waals surface area contributed by atoms with Crippen LogP contribution in [0, 0.1) is 12.7 Å². The van der Waals surface area contributed by atoms with Crippen molar-refractivity contribution in [2.75, 3.05) is 26.8 Å². The van der Waals surface area contributed by atoms with Crippen LogP contribution in [-0.2, 0) is 16.0 Å². The van der Waals surface area contributed by atoms with Gasteiger partial charge in [-0.15, -0.1) is 0 Å². The first-order chi connectivity index (χ1) is 19.9. The molecule has 215 valence electrons. The van der Waals surface area contributed by atoms with Crippen LogP contribution in [0.5, 0.6) is 17.2 Å². The molecule has 0 spiro atoms. The summed E-state index contributed by atoms with van der Waals surface area (Å²) >= 11 is 3.39. The fourth-order valence-corrected chi connectivity index (χ4v) is 5.11. The van der Waals surface area contributed by atoms with E-state index in [1.807, 2.05) is 24.3 Å². The summed E-state index contributed by atoms with van der Waals surface area (Å²) < 4.78 is 37.0. The van der Waals surface area contributed by atoms with E-state index in [0.717, 1.165) is 47.0 Å². The molecule has 0 saturated heterocycles. The Hall–Kier alpha value is -3.36. The molecule has 0 bridgehead atoms. The molecule has 3 aromatic carbocycles. The standard InChI is InChI=1S/C33H34BrFNO5/c1-22(40-27-12-10-26(38-2)11-13-27)36-18-17-29(30(21-36)33(37)41-28-14-15-28)24-7-5-23(6-8-24)4-3-19-39-32-20-25(35)9-16-31(32)34/h5-13,16,20,22,28H,1,3-4,14-15,17-19,21H2,2H3. The number of rotatable bonds is 12. The summed E-state index contributed by atoms with van der Waals surface area (Å²) in [5, 5.41) is 0. The molecule has 1 fully saturated rings. The number of hydrogen-bond acceptors (Lipinski definition) is 6. The van der Waals surface area contributed by atoms with Crippen LogP contribution < -0.4 is 14.2 Å². The van der Waals surface area contributed by atoms with Crippen molar-refractivity contribution < 1.29 is 28.1 Å². The lowest BCUT2D eigenvalue weighted by atomic mass is 9.92. The largest absolute Gasteiger partial charge is 0.497 e. The van der Waals surface area contributed by atoms with Gasteiger partial charge in [0.2, 0.25) is 0 Å². The summed E-state index contributed by atoms with van der Waals surface area (Å²) in [6.45, 7) is 5.79. The average Bonchev–Trinajstić information content (AvgIpc) is 3.81. The number of methoxy groups -OCH3 is 1. The first-order valence-corrected chi connectivity index (χ1v) is 14.7. The van der Waals surface area contributed by atoms with Crippen molar-refractivity contribution in [3.8, 4) is 17.2 Å². The number of carbonyl (C=O) groups is 1. The second kappa shape index (κ2) is 13.5. The first-order valence-electron chi connectivity index (χ1n) is 13.9. The molecule has 0 amide bonds. The summed E-state index contributed by atoms with van der Waals surface area (Å²) in [4.78, 5) is 15.3. The highest BCUT2D eigenvalue weighted by atomic mass is 79.9. The number of benzene rings is 3. The second-order valence-corrected chi connectivity index (χ2v) is 11.1. The third kappa shape index (κ3) is 7.89. The minimum atomic E-state index is -0.466. The number of nitrogens with zero attached hydrogens (tertiary/aromatic N) is 1. The molecule has 1 atom stereocenters. The lowest BCUT2D eigenvalue weighted by molar-refractivity contribution is -0.140. The van der Waals surface area contributed by atoms with Crippen LogP contribution in [0.1, 0.15) is 36.8 Å². The second-order valence-electron chi connectivity index (χ2n) is 10.3. The van der Waals surface area contributed by atoms with E-state index in [-0.39, 0.29) is 17.9 Å². The Labute approximate surface area is 249 Å². The highest BCUT2D eigenvalue weighted by molar-refractivity contribution is 9.10. The molecular weight excluding hydrogens is 589 g/mol. The van der Waals surface area contributed by atoms with E-state index in [1.165, 1.54) is 17.7 Å². The number of hydrogen-bond donors (Lipinski definition) is 0. The molecule has 1 unspecified atom stereocenters. The molecule has 1 radical (unpaired) electrons. The minimum Gasteiger partial charge on any atom is -0.497 e. The van der Waals surface area contributed by atoms with Gasteiger partial charge in [-0.3, -0.25) is 4.90 Å². The van der Waals surface area contributed by atoms with Gasteiger partial charge in [0.05, 0.1) is 23.8 Å². The van der Waals surface area contributed by atoms with E-state index in [9.17, 15) is 9.18 Å². The number of ether oxygens (including phenoxy) is 4. The van der Waals surface area contributed by atoms with E-state index in [1.54, 1.807) is 13.2 Å². The van der Waals surface area contributed by atoms with Crippen LogP contribution in [0.15, 0.2) is 76.8 Å². The zero-order valence-corrected chi connectivity index (χ0v) is 24.7. The van der Waals surface area contributed by atoms with Crippen molar-refractivity contribution in [2.45, 2.75) is 44.4 Å². The molecule has 3 aromatic rings. The predicted octanol–water partition coefficient (Wildman–Crippen LogP) is 7.01. The maximum atomic E-state index is 13.5. The topological polar surface area (TPSA) is 57.2 Å². The van der Waals surface area contributed by atoms with E-state index in [4.69, 9.17) is 18.9 Å². The Kier molecular flexibility index (Phi) is 9.62. The van der Waals surface area contributed by atoms with Crippen LogP contribution in [0.2, 0.25) is 0 Å². The van der Waals surface area contributed by atoms with Gasteiger partial charge in [-0.25, -0.2) is 9.18 Å². The van der Waals surface area contributed by atoms with Crippen LogP contribution >= 0.6 is 15.9 Å². The van der Waals surface area contributed by atoms with Gasteiger partial charge in [-0.05, 0) is 101 Å². The molecule has 41 heavy (non-hydrogen) atoms. The zero-order valence-electron chi connectivity index (χ0n) is 23.1. The Morgan fingerprint density at radius 1 is 1.07 bits per heavy atom. The van der Waals surface area contributed by atoms with Gasteiger partial charge >= 0.3 is 5.97 Å². The number of carbonyl (C=O) groups excluding carboxylic acids is 1. The van der Waals surface area contributed by atoms with E-state index in [2.05, 4.69) is 52.0 Å². The quantitative estimate of drug-likeness (QED) is 0.160. The minimum absolute atomic E-state index is 0.0234. The SMILES string of the molecule is [CH2]C(Oc1ccc(OC)cc1)N1CCC(c2ccc(CCCOc3cc(F)ccc3Br)cc2)=C(C(=O)OC2CC2)C1. The maximum absolute atomic E-state index is 13.5. The molecule has 6 nitrogen and oxygen atoms in total. The molecule has 5 rings (SSSR count). The van der Waals surface area contributed by atoms with Gasteiger partial charge in [0.15, 0.2) is 6.23 Å². The van der Waals surface area contributed by atoms with Crippen molar-refractivity contribution in [1.82, 2.24) is 4.90 Å². The lowest BCUT2D eigenvalue weighted by Gasteiger charge is -2.34. The first kappa shape index (κ1) is 29.1. The molecule has 1 saturated carbocycles. The molecule has 8 heteroatoms. The fourth-order valence-electron chi connectivity index (χ4n) is 4.75. The highest BCUT2D eigenvalue weighted by Crippen LogP contribution is 2.33. The van der Waals surface area contributed by atoms with Gasteiger partial charge in [0.25, 0.3) is 0 Å². The zero-order chi connectivity index (χ0) is 28.8. The summed E-state index contributed by atoms with van der Waals surface area (Å²) in [7, 11) is 1.62. The van der Waals surface area contributed by atoms with Gasteiger partial charge in [-0.1, -0.05) is 24.3 Å². The summed E-state index contributed by atoms with van der Waals surface area (Å²) in [6, 6.07) is 20.1. The van der Waals surface area contributed by atoms with E-state index in [0.29, 0.717) is 43.2 Å². The molecule has 0 aromatic heterocycles. The van der Waals surface area contributed by atoms with E-state index < -0.39 is 6.23 Å². The van der Waals surface area contributed by atoms with Crippen LogP contribution in [0.3, 0.4) is 0 Å². The summed E-state index contributed by atoms with van der Waals surface area (Å²) in [5.41, 5.74) is 3.86. The highest BCUT2D eigenvalue weighted by Gasteiger charge is 2.33. The van der Waals surface area contributed by atoms with Gasteiger partial charge in [0, 0.05) is 26.1 Å². The molecule has 2 aliphatic rings. The van der Waals surface area contributed by atoms with Gasteiger partial charge in [-0.2, -0.15) is 0 Å². The lowest BCUT2D eigenvalue weighted by Crippen LogP contribution is -2.43. The predicted molar refractivity (Wildman–Crippen MR) is 159 cm³/mol. The van der Waals surface area contributed by atoms with Crippen molar-refractivity contribution in [1.29, 1.82) is 0 Å². The van der Waals surface area contributed by atoms with Crippen LogP contribution in [0.25, 0.3) is 5.57 Å². The monoisotopic (exact) mass is 622 g/mol. The van der Waals surface area contributed by atoms with Crippen LogP contribution in [0.4, 0.5) is 4.39 Å². The molecular formula is C33H34BrFNO5. The van der Waals surface area contributed by atoms with Crippen molar-refractivity contribution in [3.05, 3.63) is 101 Å².